The van der Waals surface area contributed by atoms with Gasteiger partial charge in [0.15, 0.2) is 0 Å². The largest absolute Gasteiger partial charge is 0.494 e. The molecule has 0 aliphatic rings. The van der Waals surface area contributed by atoms with Crippen LogP contribution in [-0.4, -0.2) is 13.0 Å². The number of carbonyl (C=O) groups excluding carboxylic acids is 1. The number of hydrogen-bond donors (Lipinski definition) is 1. The average Bonchev–Trinajstić information content (AvgIpc) is 2.40. The van der Waals surface area contributed by atoms with Crippen molar-refractivity contribution >= 4 is 12.1 Å². The van der Waals surface area contributed by atoms with E-state index in [-0.39, 0.29) is 0 Å². The Hall–Kier alpha value is -1.77. The van der Waals surface area contributed by atoms with Crippen LogP contribution in [0.4, 0.5) is 5.69 Å². The molecular formula is C17H25NO2. The van der Waals surface area contributed by atoms with E-state index in [9.17, 15) is 4.79 Å². The fourth-order valence-corrected chi connectivity index (χ4v) is 1.89. The van der Waals surface area contributed by atoms with Gasteiger partial charge in [0.25, 0.3) is 0 Å². The summed E-state index contributed by atoms with van der Waals surface area (Å²) in [4.78, 5) is 10.3. The Kier molecular flexibility index (Phi) is 7.48. The van der Waals surface area contributed by atoms with E-state index in [0.29, 0.717) is 12.3 Å². The monoisotopic (exact) mass is 275 g/mol. The zero-order chi connectivity index (χ0) is 14.8. The molecule has 0 saturated heterocycles. The van der Waals surface area contributed by atoms with Gasteiger partial charge in [-0.25, -0.2) is 0 Å². The summed E-state index contributed by atoms with van der Waals surface area (Å²) in [6.45, 7) is 7.27. The predicted octanol–water partition coefficient (Wildman–Crippen LogP) is 4.41. The third kappa shape index (κ3) is 6.98. The summed E-state index contributed by atoms with van der Waals surface area (Å²) in [5.41, 5.74) is 2.17. The number of ether oxygens (including phenoxy) is 1. The van der Waals surface area contributed by atoms with Crippen molar-refractivity contribution in [2.45, 2.75) is 40.0 Å². The molecule has 1 atom stereocenters. The number of carbonyl (C=O) groups is 1. The van der Waals surface area contributed by atoms with Crippen LogP contribution in [0.1, 0.15) is 40.0 Å². The number of nitrogens with one attached hydrogen (secondary N) is 1. The van der Waals surface area contributed by atoms with Crippen LogP contribution in [-0.2, 0) is 4.79 Å². The Morgan fingerprint density at radius 1 is 1.25 bits per heavy atom. The molecule has 0 aliphatic carbocycles. The number of rotatable bonds is 9. The summed E-state index contributed by atoms with van der Waals surface area (Å²) in [6, 6.07) is 7.42. The maximum Gasteiger partial charge on any atom is 0.211 e. The first kappa shape index (κ1) is 16.3. The lowest BCUT2D eigenvalue weighted by molar-refractivity contribution is -0.105. The van der Waals surface area contributed by atoms with Crippen LogP contribution in [0.25, 0.3) is 0 Å². The number of allylic oxidation sites excluding steroid dienone is 2. The van der Waals surface area contributed by atoms with Crippen LogP contribution in [0.2, 0.25) is 0 Å². The highest BCUT2D eigenvalue weighted by Crippen LogP contribution is 2.17. The lowest BCUT2D eigenvalue weighted by atomic mass is 10.0. The Morgan fingerprint density at radius 2 is 1.95 bits per heavy atom. The molecule has 0 saturated carbocycles. The highest BCUT2D eigenvalue weighted by atomic mass is 16.5. The molecule has 1 aromatic carbocycles. The van der Waals surface area contributed by atoms with Crippen molar-refractivity contribution in [1.29, 1.82) is 0 Å². The Morgan fingerprint density at radius 3 is 2.55 bits per heavy atom. The predicted molar refractivity (Wildman–Crippen MR) is 84.1 cm³/mol. The highest BCUT2D eigenvalue weighted by molar-refractivity contribution is 5.71. The van der Waals surface area contributed by atoms with E-state index in [1.54, 1.807) is 0 Å². The average molecular weight is 275 g/mol. The molecule has 0 bridgehead atoms. The second-order valence-electron chi connectivity index (χ2n) is 5.39. The minimum absolute atomic E-state index is 0.668. The molecule has 0 fully saturated rings. The van der Waals surface area contributed by atoms with Crippen LogP contribution in [0.5, 0.6) is 5.75 Å². The molecule has 3 nitrogen and oxygen atoms in total. The summed E-state index contributed by atoms with van der Waals surface area (Å²) in [6.07, 6.45) is 6.37. The zero-order valence-corrected chi connectivity index (χ0v) is 12.7. The van der Waals surface area contributed by atoms with E-state index in [4.69, 9.17) is 4.74 Å². The maximum absolute atomic E-state index is 10.3. The number of hydrogen-bond acceptors (Lipinski definition) is 2. The lowest BCUT2D eigenvalue weighted by Crippen LogP contribution is -2.04. The van der Waals surface area contributed by atoms with Crippen LogP contribution < -0.4 is 10.1 Å². The molecule has 0 heterocycles. The molecule has 0 spiro atoms. The molecular weight excluding hydrogens is 250 g/mol. The van der Waals surface area contributed by atoms with Crippen LogP contribution in [0.3, 0.4) is 0 Å². The normalized spacial score (nSPS) is 11.6. The van der Waals surface area contributed by atoms with Gasteiger partial charge in [-0.05, 0) is 63.3 Å². The Balaban J connectivity index is 2.22. The van der Waals surface area contributed by atoms with Gasteiger partial charge >= 0.3 is 0 Å². The highest BCUT2D eigenvalue weighted by Gasteiger charge is 2.02. The SMILES string of the molecule is CC(C)=CCCC(C)CCOc1ccc(NC=O)cc1. The molecule has 1 amide bonds. The quantitative estimate of drug-likeness (QED) is 0.535. The molecule has 1 N–H and O–H groups in total. The van der Waals surface area contributed by atoms with Gasteiger partial charge < -0.3 is 10.1 Å². The zero-order valence-electron chi connectivity index (χ0n) is 12.7. The standard InChI is InChI=1S/C17H25NO2/c1-14(2)5-4-6-15(3)11-12-20-17-9-7-16(8-10-17)18-13-19/h5,7-10,13,15H,4,6,11-12H2,1-3H3,(H,18,19). The Bertz CT molecular complexity index is 419. The first-order valence-electron chi connectivity index (χ1n) is 7.18. The van der Waals surface area contributed by atoms with Gasteiger partial charge in [0, 0.05) is 5.69 Å². The van der Waals surface area contributed by atoms with Gasteiger partial charge in [-0.15, -0.1) is 0 Å². The van der Waals surface area contributed by atoms with Gasteiger partial charge in [-0.1, -0.05) is 18.6 Å². The van der Waals surface area contributed by atoms with E-state index in [1.807, 2.05) is 24.3 Å². The first-order chi connectivity index (χ1) is 9.61. The van der Waals surface area contributed by atoms with Crippen molar-refractivity contribution in [2.24, 2.45) is 5.92 Å². The van der Waals surface area contributed by atoms with Crippen molar-refractivity contribution in [3.05, 3.63) is 35.9 Å². The third-order valence-electron chi connectivity index (χ3n) is 3.17. The molecule has 110 valence electrons. The van der Waals surface area contributed by atoms with E-state index >= 15 is 0 Å². The lowest BCUT2D eigenvalue weighted by Gasteiger charge is -2.11. The van der Waals surface area contributed by atoms with Crippen LogP contribution in [0.15, 0.2) is 35.9 Å². The summed E-state index contributed by atoms with van der Waals surface area (Å²) < 4.78 is 5.71. The fourth-order valence-electron chi connectivity index (χ4n) is 1.89. The summed E-state index contributed by atoms with van der Waals surface area (Å²) in [7, 11) is 0. The van der Waals surface area contributed by atoms with Gasteiger partial charge in [0.2, 0.25) is 6.41 Å². The van der Waals surface area contributed by atoms with Crippen molar-refractivity contribution in [3.8, 4) is 5.75 Å². The van der Waals surface area contributed by atoms with E-state index in [2.05, 4.69) is 32.2 Å². The van der Waals surface area contributed by atoms with E-state index in [0.717, 1.165) is 30.9 Å². The number of amides is 1. The fraction of sp³-hybridized carbons (Fsp3) is 0.471. The minimum atomic E-state index is 0.668. The molecule has 20 heavy (non-hydrogen) atoms. The Labute approximate surface area is 122 Å². The smallest absolute Gasteiger partial charge is 0.211 e. The molecule has 0 radical (unpaired) electrons. The van der Waals surface area contributed by atoms with Crippen molar-refractivity contribution in [3.63, 3.8) is 0 Å². The van der Waals surface area contributed by atoms with Gasteiger partial charge in [0.05, 0.1) is 6.61 Å². The van der Waals surface area contributed by atoms with Gasteiger partial charge in [-0.3, -0.25) is 4.79 Å². The summed E-state index contributed by atoms with van der Waals surface area (Å²) in [5.74, 6) is 1.51. The van der Waals surface area contributed by atoms with Crippen LogP contribution in [0, 0.1) is 5.92 Å². The molecule has 0 aromatic heterocycles. The summed E-state index contributed by atoms with van der Waals surface area (Å²) in [5, 5.41) is 2.60. The maximum atomic E-state index is 10.3. The molecule has 0 aliphatic heterocycles. The molecule has 3 heteroatoms. The minimum Gasteiger partial charge on any atom is -0.494 e. The van der Waals surface area contributed by atoms with Crippen molar-refractivity contribution in [1.82, 2.24) is 0 Å². The number of anilines is 1. The first-order valence-corrected chi connectivity index (χ1v) is 7.18. The van der Waals surface area contributed by atoms with Gasteiger partial charge in [-0.2, -0.15) is 0 Å². The number of benzene rings is 1. The second kappa shape index (κ2) is 9.18. The molecule has 1 aromatic rings. The molecule has 1 unspecified atom stereocenters. The van der Waals surface area contributed by atoms with Crippen molar-refractivity contribution < 1.29 is 9.53 Å². The van der Waals surface area contributed by atoms with Gasteiger partial charge in [0.1, 0.15) is 5.75 Å². The summed E-state index contributed by atoms with van der Waals surface area (Å²) >= 11 is 0. The topological polar surface area (TPSA) is 38.3 Å². The van der Waals surface area contributed by atoms with Crippen LogP contribution >= 0.6 is 0 Å². The molecule has 1 rings (SSSR count). The van der Waals surface area contributed by atoms with Crippen molar-refractivity contribution in [2.75, 3.05) is 11.9 Å². The van der Waals surface area contributed by atoms with E-state index < -0.39 is 0 Å². The second-order valence-corrected chi connectivity index (χ2v) is 5.39. The van der Waals surface area contributed by atoms with E-state index in [1.165, 1.54) is 12.0 Å². The third-order valence-corrected chi connectivity index (χ3v) is 3.17.